The molecule has 26 heavy (non-hydrogen) atoms. The lowest BCUT2D eigenvalue weighted by Gasteiger charge is -2.26. The summed E-state index contributed by atoms with van der Waals surface area (Å²) in [6.07, 6.45) is -4.16. The molecule has 2 aromatic rings. The molecule has 0 aromatic heterocycles. The second kappa shape index (κ2) is 5.33. The van der Waals surface area contributed by atoms with Crippen LogP contribution in [0.4, 0.5) is 13.6 Å². The van der Waals surface area contributed by atoms with Crippen molar-refractivity contribution < 1.29 is 27.8 Å². The van der Waals surface area contributed by atoms with Crippen LogP contribution in [0, 0.1) is 5.41 Å². The summed E-state index contributed by atoms with van der Waals surface area (Å²) in [5.41, 5.74) is 8.42. The van der Waals surface area contributed by atoms with Gasteiger partial charge in [-0.2, -0.15) is 0 Å². The van der Waals surface area contributed by atoms with Crippen LogP contribution in [0.3, 0.4) is 0 Å². The van der Waals surface area contributed by atoms with Crippen LogP contribution in [0.1, 0.15) is 31.1 Å². The van der Waals surface area contributed by atoms with Crippen molar-refractivity contribution in [2.45, 2.75) is 32.7 Å². The van der Waals surface area contributed by atoms with E-state index in [1.165, 1.54) is 12.1 Å². The Kier molecular flexibility index (Phi) is 3.41. The van der Waals surface area contributed by atoms with E-state index in [1.54, 1.807) is 6.07 Å². The van der Waals surface area contributed by atoms with Gasteiger partial charge in [-0.15, -0.1) is 8.78 Å². The van der Waals surface area contributed by atoms with Crippen molar-refractivity contribution in [2.75, 3.05) is 0 Å². The number of rotatable bonds is 2. The number of carbonyl (C=O) groups is 1. The van der Waals surface area contributed by atoms with Crippen LogP contribution in [0.15, 0.2) is 36.4 Å². The second-order valence-corrected chi connectivity index (χ2v) is 7.22. The number of amides is 1. The second-order valence-electron chi connectivity index (χ2n) is 7.22. The Labute approximate surface area is 148 Å². The molecule has 1 atom stereocenters. The number of hydrogen-bond acceptors (Lipinski definition) is 4. The molecule has 1 aliphatic carbocycles. The first-order valence-corrected chi connectivity index (χ1v) is 8.14. The van der Waals surface area contributed by atoms with Crippen molar-refractivity contribution in [3.8, 4) is 22.6 Å². The third-order valence-electron chi connectivity index (χ3n) is 4.75. The number of fused-ring (bicyclic) bond motifs is 2. The highest BCUT2D eigenvalue weighted by molar-refractivity contribution is 5.70. The molecule has 4 rings (SSSR count). The highest BCUT2D eigenvalue weighted by Gasteiger charge is 2.44. The third kappa shape index (κ3) is 2.73. The Morgan fingerprint density at radius 2 is 1.77 bits per heavy atom. The summed E-state index contributed by atoms with van der Waals surface area (Å²) >= 11 is 0. The van der Waals surface area contributed by atoms with Gasteiger partial charge in [-0.05, 0) is 40.8 Å². The van der Waals surface area contributed by atoms with Gasteiger partial charge in [-0.3, -0.25) is 0 Å². The van der Waals surface area contributed by atoms with E-state index in [2.05, 4.69) is 9.47 Å². The molecule has 1 aliphatic heterocycles. The minimum atomic E-state index is -3.64. The maximum absolute atomic E-state index is 13.2. The first kappa shape index (κ1) is 16.6. The minimum Gasteiger partial charge on any atom is -0.441 e. The highest BCUT2D eigenvalue weighted by Crippen LogP contribution is 2.49. The average molecular weight is 361 g/mol. The molecular weight excluding hydrogens is 344 g/mol. The molecular formula is C19H17F2NO4. The summed E-state index contributed by atoms with van der Waals surface area (Å²) in [4.78, 5) is 11.2. The summed E-state index contributed by atoms with van der Waals surface area (Å²) in [6, 6.07) is 10.4. The largest absolute Gasteiger partial charge is 0.586 e. The zero-order valence-electron chi connectivity index (χ0n) is 14.2. The minimum absolute atomic E-state index is 0.00302. The van der Waals surface area contributed by atoms with Gasteiger partial charge in [0, 0.05) is 5.41 Å². The van der Waals surface area contributed by atoms with E-state index >= 15 is 0 Å². The lowest BCUT2D eigenvalue weighted by Crippen LogP contribution is -2.25. The summed E-state index contributed by atoms with van der Waals surface area (Å²) in [7, 11) is 0. The maximum Gasteiger partial charge on any atom is 0.586 e. The topological polar surface area (TPSA) is 70.8 Å². The van der Waals surface area contributed by atoms with Gasteiger partial charge < -0.3 is 19.9 Å². The molecule has 0 bridgehead atoms. The predicted octanol–water partition coefficient (Wildman–Crippen LogP) is 4.39. The van der Waals surface area contributed by atoms with Crippen LogP contribution in [0.25, 0.3) is 11.1 Å². The van der Waals surface area contributed by atoms with Gasteiger partial charge in [0.25, 0.3) is 0 Å². The number of halogens is 2. The van der Waals surface area contributed by atoms with Crippen LogP contribution in [-0.4, -0.2) is 12.4 Å². The van der Waals surface area contributed by atoms with Crippen LogP contribution >= 0.6 is 0 Å². The SMILES string of the molecule is CC1(C)Cc2cc(-c3ccc4c(c3)OC(F)(F)O4)ccc2C1OC(N)=O. The van der Waals surface area contributed by atoms with Crippen LogP contribution < -0.4 is 15.2 Å². The fourth-order valence-corrected chi connectivity index (χ4v) is 3.67. The predicted molar refractivity (Wildman–Crippen MR) is 89.0 cm³/mol. The van der Waals surface area contributed by atoms with Crippen molar-refractivity contribution >= 4 is 6.09 Å². The molecule has 2 aliphatic rings. The molecule has 1 unspecified atom stereocenters. The molecule has 0 radical (unpaired) electrons. The van der Waals surface area contributed by atoms with Crippen molar-refractivity contribution in [3.05, 3.63) is 47.5 Å². The van der Waals surface area contributed by atoms with Crippen LogP contribution in [-0.2, 0) is 11.2 Å². The Balaban J connectivity index is 1.69. The molecule has 0 spiro atoms. The molecule has 2 aromatic carbocycles. The Hall–Kier alpha value is -2.83. The highest BCUT2D eigenvalue weighted by atomic mass is 19.3. The Morgan fingerprint density at radius 3 is 2.50 bits per heavy atom. The van der Waals surface area contributed by atoms with Crippen molar-refractivity contribution in [3.63, 3.8) is 0 Å². The van der Waals surface area contributed by atoms with E-state index in [-0.39, 0.29) is 16.9 Å². The number of benzene rings is 2. The van der Waals surface area contributed by atoms with E-state index in [0.29, 0.717) is 6.42 Å². The van der Waals surface area contributed by atoms with E-state index in [4.69, 9.17) is 10.5 Å². The first-order chi connectivity index (χ1) is 12.1. The molecule has 0 fully saturated rings. The molecule has 0 saturated heterocycles. The monoisotopic (exact) mass is 361 g/mol. The van der Waals surface area contributed by atoms with E-state index in [9.17, 15) is 13.6 Å². The van der Waals surface area contributed by atoms with Gasteiger partial charge in [0.2, 0.25) is 0 Å². The Morgan fingerprint density at radius 1 is 1.12 bits per heavy atom. The lowest BCUT2D eigenvalue weighted by molar-refractivity contribution is -0.286. The van der Waals surface area contributed by atoms with Crippen LogP contribution in [0.5, 0.6) is 11.5 Å². The fourth-order valence-electron chi connectivity index (χ4n) is 3.67. The van der Waals surface area contributed by atoms with E-state index in [1.807, 2.05) is 32.0 Å². The summed E-state index contributed by atoms with van der Waals surface area (Å²) in [5.74, 6) is 0.0132. The van der Waals surface area contributed by atoms with Crippen LogP contribution in [0.2, 0.25) is 0 Å². The quantitative estimate of drug-likeness (QED) is 0.861. The molecule has 1 amide bonds. The maximum atomic E-state index is 13.2. The lowest BCUT2D eigenvalue weighted by atomic mass is 9.87. The fraction of sp³-hybridized carbons (Fsp3) is 0.316. The van der Waals surface area contributed by atoms with Crippen molar-refractivity contribution in [1.29, 1.82) is 0 Å². The molecule has 2 N–H and O–H groups in total. The van der Waals surface area contributed by atoms with E-state index in [0.717, 1.165) is 22.3 Å². The molecule has 1 heterocycles. The zero-order chi connectivity index (χ0) is 18.7. The normalized spacial score (nSPS) is 21.3. The van der Waals surface area contributed by atoms with Gasteiger partial charge in [-0.25, -0.2) is 4.79 Å². The number of hydrogen-bond donors (Lipinski definition) is 1. The first-order valence-electron chi connectivity index (χ1n) is 8.14. The molecule has 0 saturated carbocycles. The number of nitrogens with two attached hydrogens (primary N) is 1. The Bertz CT molecular complexity index is 910. The molecule has 136 valence electrons. The summed E-state index contributed by atoms with van der Waals surface area (Å²) < 4.78 is 40.6. The summed E-state index contributed by atoms with van der Waals surface area (Å²) in [5, 5.41) is 0. The van der Waals surface area contributed by atoms with Gasteiger partial charge in [0.05, 0.1) is 0 Å². The van der Waals surface area contributed by atoms with Gasteiger partial charge in [0.1, 0.15) is 6.10 Å². The third-order valence-corrected chi connectivity index (χ3v) is 4.75. The number of alkyl halides is 2. The number of ether oxygens (including phenoxy) is 3. The van der Waals surface area contributed by atoms with Gasteiger partial charge >= 0.3 is 12.4 Å². The average Bonchev–Trinajstić information content (AvgIpc) is 2.97. The molecule has 5 nitrogen and oxygen atoms in total. The number of primary amides is 1. The van der Waals surface area contributed by atoms with Gasteiger partial charge in [0.15, 0.2) is 11.5 Å². The van der Waals surface area contributed by atoms with Crippen molar-refractivity contribution in [1.82, 2.24) is 0 Å². The van der Waals surface area contributed by atoms with E-state index < -0.39 is 18.5 Å². The zero-order valence-corrected chi connectivity index (χ0v) is 14.2. The summed E-state index contributed by atoms with van der Waals surface area (Å²) in [6.45, 7) is 4.01. The molecule has 7 heteroatoms. The standard InChI is InChI=1S/C19H17F2NO4/c1-18(2)9-12-7-10(3-5-13(12)16(18)24-17(22)23)11-4-6-14-15(8-11)26-19(20,21)25-14/h3-8,16H,9H2,1-2H3,(H2,22,23). The smallest absolute Gasteiger partial charge is 0.441 e. The van der Waals surface area contributed by atoms with Gasteiger partial charge in [-0.1, -0.05) is 38.1 Å². The number of carbonyl (C=O) groups excluding carboxylic acids is 1. The van der Waals surface area contributed by atoms with Crippen molar-refractivity contribution in [2.24, 2.45) is 11.1 Å².